The van der Waals surface area contributed by atoms with Crippen molar-refractivity contribution in [2.75, 3.05) is 13.2 Å². The quantitative estimate of drug-likeness (QED) is 0.0372. The Morgan fingerprint density at radius 3 is 1.19 bits per heavy atom. The lowest BCUT2D eigenvalue weighted by Crippen LogP contribution is -2.28. The highest BCUT2D eigenvalue weighted by atomic mass is 16.6. The maximum Gasteiger partial charge on any atom is 0.306 e. The first kappa shape index (κ1) is 60.8. The molecule has 0 saturated heterocycles. The van der Waals surface area contributed by atoms with E-state index in [1.54, 1.807) is 0 Å². The Kier molecular flexibility index (Phi) is 49.0. The van der Waals surface area contributed by atoms with Crippen LogP contribution in [0.4, 0.5) is 0 Å². The van der Waals surface area contributed by atoms with Gasteiger partial charge in [-0.2, -0.15) is 0 Å². The molecular weight excluding hydrogens is 781 g/mol. The third-order valence-corrected chi connectivity index (χ3v) is 12.4. The van der Waals surface area contributed by atoms with Crippen LogP contribution in [0, 0.1) is 5.92 Å². The lowest BCUT2D eigenvalue weighted by atomic mass is 9.92. The molecule has 0 amide bonds. The van der Waals surface area contributed by atoms with E-state index >= 15 is 0 Å². The molecule has 0 aliphatic heterocycles. The number of ketones is 1. The fourth-order valence-electron chi connectivity index (χ4n) is 8.18. The smallest absolute Gasteiger partial charge is 0.306 e. The van der Waals surface area contributed by atoms with E-state index in [2.05, 4.69) is 57.2 Å². The lowest BCUT2D eigenvalue weighted by Gasteiger charge is -2.16. The van der Waals surface area contributed by atoms with Gasteiger partial charge in [-0.05, 0) is 89.9 Å². The predicted octanol–water partition coefficient (Wildman–Crippen LogP) is 17.3. The minimum Gasteiger partial charge on any atom is -0.462 e. The van der Waals surface area contributed by atoms with Crippen LogP contribution < -0.4 is 0 Å². The summed E-state index contributed by atoms with van der Waals surface area (Å²) in [5.74, 6) is -0.285. The van der Waals surface area contributed by atoms with Gasteiger partial charge in [-0.25, -0.2) is 0 Å². The number of hydrogen-bond acceptors (Lipinski definition) is 6. The molecule has 0 bridgehead atoms. The summed E-state index contributed by atoms with van der Waals surface area (Å²) < 4.78 is 10.8. The molecule has 0 aromatic rings. The molecule has 1 N–H and O–H groups in total. The normalized spacial score (nSPS) is 12.8. The first-order valence-electron chi connectivity index (χ1n) is 27.4. The molecule has 0 aromatic carbocycles. The van der Waals surface area contributed by atoms with Crippen LogP contribution in [0.5, 0.6) is 0 Å². The Morgan fingerprint density at radius 2 is 0.762 bits per heavy atom. The van der Waals surface area contributed by atoms with Crippen molar-refractivity contribution in [3.8, 4) is 0 Å². The number of aliphatic hydroxyl groups is 1. The van der Waals surface area contributed by atoms with Crippen LogP contribution in [0.2, 0.25) is 0 Å². The first-order chi connectivity index (χ1) is 31.0. The number of unbranched alkanes of at least 4 members (excludes halogenated alkanes) is 31. The molecule has 2 unspecified atom stereocenters. The van der Waals surface area contributed by atoms with Crippen molar-refractivity contribution >= 4 is 17.7 Å². The van der Waals surface area contributed by atoms with Crippen LogP contribution in [0.3, 0.4) is 0 Å². The third-order valence-electron chi connectivity index (χ3n) is 12.4. The van der Waals surface area contributed by atoms with Crippen LogP contribution in [0.15, 0.2) is 36.5 Å². The van der Waals surface area contributed by atoms with E-state index in [0.29, 0.717) is 25.0 Å². The summed E-state index contributed by atoms with van der Waals surface area (Å²) in [4.78, 5) is 38.1. The zero-order valence-electron chi connectivity index (χ0n) is 42.0. The van der Waals surface area contributed by atoms with Crippen molar-refractivity contribution in [2.24, 2.45) is 5.92 Å². The van der Waals surface area contributed by atoms with Crippen molar-refractivity contribution in [3.05, 3.63) is 36.5 Å². The number of carbonyl (C=O) groups is 3. The van der Waals surface area contributed by atoms with Gasteiger partial charge in [-0.15, -0.1) is 0 Å². The average molecular weight is 885 g/mol. The molecule has 6 heteroatoms. The van der Waals surface area contributed by atoms with Gasteiger partial charge in [0.25, 0.3) is 0 Å². The molecule has 0 radical (unpaired) electrons. The predicted molar refractivity (Wildman–Crippen MR) is 270 cm³/mol. The van der Waals surface area contributed by atoms with Gasteiger partial charge in [0.1, 0.15) is 12.4 Å². The zero-order chi connectivity index (χ0) is 45.9. The lowest BCUT2D eigenvalue weighted by molar-refractivity contribution is -0.161. The molecule has 0 spiro atoms. The van der Waals surface area contributed by atoms with Crippen molar-refractivity contribution < 1.29 is 29.0 Å². The van der Waals surface area contributed by atoms with E-state index in [0.717, 1.165) is 70.6 Å². The van der Waals surface area contributed by atoms with Crippen molar-refractivity contribution in [1.29, 1.82) is 0 Å². The molecule has 0 aromatic heterocycles. The fraction of sp³-hybridized carbons (Fsp3) is 0.842. The topological polar surface area (TPSA) is 89.9 Å². The molecule has 2 atom stereocenters. The Hall–Kier alpha value is -2.21. The molecule has 0 rings (SSSR count). The van der Waals surface area contributed by atoms with Crippen LogP contribution in [-0.4, -0.2) is 42.1 Å². The molecule has 0 fully saturated rings. The number of aliphatic hydroxyl groups excluding tert-OH is 1. The molecule has 0 aliphatic rings. The van der Waals surface area contributed by atoms with Crippen molar-refractivity contribution in [1.82, 2.24) is 0 Å². The molecular formula is C57H104O6. The first-order valence-corrected chi connectivity index (χ1v) is 27.4. The number of carbonyl (C=O) groups excluding carboxylic acids is 3. The van der Waals surface area contributed by atoms with E-state index < -0.39 is 6.10 Å². The maximum atomic E-state index is 13.3. The molecule has 0 heterocycles. The summed E-state index contributed by atoms with van der Waals surface area (Å²) >= 11 is 0. The summed E-state index contributed by atoms with van der Waals surface area (Å²) in [5.41, 5.74) is 0. The number of allylic oxidation sites excluding steroid dienone is 6. The van der Waals surface area contributed by atoms with Crippen LogP contribution >= 0.6 is 0 Å². The molecule has 63 heavy (non-hydrogen) atoms. The van der Waals surface area contributed by atoms with Gasteiger partial charge >= 0.3 is 11.9 Å². The van der Waals surface area contributed by atoms with E-state index in [-0.39, 0.29) is 37.5 Å². The fourth-order valence-corrected chi connectivity index (χ4v) is 8.18. The average Bonchev–Trinajstić information content (AvgIpc) is 3.28. The van der Waals surface area contributed by atoms with E-state index in [9.17, 15) is 19.5 Å². The van der Waals surface area contributed by atoms with Crippen LogP contribution in [0.1, 0.15) is 284 Å². The summed E-state index contributed by atoms with van der Waals surface area (Å²) in [7, 11) is 0. The third kappa shape index (κ3) is 46.1. The van der Waals surface area contributed by atoms with E-state index in [1.165, 1.54) is 167 Å². The molecule has 368 valence electrons. The summed E-state index contributed by atoms with van der Waals surface area (Å²) in [6.45, 7) is 6.31. The second-order valence-electron chi connectivity index (χ2n) is 18.7. The van der Waals surface area contributed by atoms with Gasteiger partial charge in [0.05, 0.1) is 6.61 Å². The summed E-state index contributed by atoms with van der Waals surface area (Å²) in [6.07, 6.45) is 59.5. The van der Waals surface area contributed by atoms with Crippen LogP contribution in [0.25, 0.3) is 0 Å². The maximum absolute atomic E-state index is 13.3. The van der Waals surface area contributed by atoms with E-state index in [4.69, 9.17) is 9.47 Å². The van der Waals surface area contributed by atoms with Crippen LogP contribution in [-0.2, 0) is 23.9 Å². The van der Waals surface area contributed by atoms with Crippen molar-refractivity contribution in [3.63, 3.8) is 0 Å². The van der Waals surface area contributed by atoms with Crippen molar-refractivity contribution in [2.45, 2.75) is 290 Å². The zero-order valence-corrected chi connectivity index (χ0v) is 42.0. The number of Topliss-reactive ketones (excluding diaryl/α,β-unsaturated/α-hetero) is 1. The SMILES string of the molecule is CCCCCCCCC=CCCCCCCCC(=O)OCC(CO)OC(=O)CCCCCCC(C=CCCCCCCCC)C(=O)CCCCCCCC=CCCCCCCCC. The Bertz CT molecular complexity index is 1080. The minimum absolute atomic E-state index is 0.00302. The van der Waals surface area contributed by atoms with Gasteiger partial charge in [-0.3, -0.25) is 14.4 Å². The largest absolute Gasteiger partial charge is 0.462 e. The molecule has 6 nitrogen and oxygen atoms in total. The van der Waals surface area contributed by atoms with E-state index in [1.807, 2.05) is 0 Å². The highest BCUT2D eigenvalue weighted by molar-refractivity contribution is 5.82. The standard InChI is InChI=1S/C57H104O6/c1-4-7-10-13-16-19-21-23-25-27-29-31-34-37-43-48-55(59)53(46-41-36-33-18-15-12-9-6-3)47-42-39-40-45-50-57(61)63-54(51-58)52-62-56(60)49-44-38-35-32-30-28-26-24-22-20-17-14-11-8-5-2/h23-26,41,46,53-54,58H,4-22,27-40,42-45,47-52H2,1-3H3. The summed E-state index contributed by atoms with van der Waals surface area (Å²) in [5, 5.41) is 9.73. The number of esters is 2. The number of rotatable bonds is 50. The highest BCUT2D eigenvalue weighted by Crippen LogP contribution is 2.20. The second kappa shape index (κ2) is 50.8. The Morgan fingerprint density at radius 1 is 0.413 bits per heavy atom. The minimum atomic E-state index is -0.827. The Labute approximate surface area is 391 Å². The number of hydrogen-bond donors (Lipinski definition) is 1. The van der Waals surface area contributed by atoms with Gasteiger partial charge < -0.3 is 14.6 Å². The van der Waals surface area contributed by atoms with Gasteiger partial charge in [-0.1, -0.05) is 211 Å². The number of ether oxygens (including phenoxy) is 2. The van der Waals surface area contributed by atoms with Gasteiger partial charge in [0, 0.05) is 25.2 Å². The second-order valence-corrected chi connectivity index (χ2v) is 18.7. The van der Waals surface area contributed by atoms with Gasteiger partial charge in [0.2, 0.25) is 0 Å². The molecule has 0 aliphatic carbocycles. The van der Waals surface area contributed by atoms with Gasteiger partial charge in [0.15, 0.2) is 6.10 Å². The Balaban J connectivity index is 4.25. The highest BCUT2D eigenvalue weighted by Gasteiger charge is 2.17. The monoisotopic (exact) mass is 885 g/mol. The summed E-state index contributed by atoms with van der Waals surface area (Å²) in [6, 6.07) is 0. The molecule has 0 saturated carbocycles.